The second-order valence-electron chi connectivity index (χ2n) is 7.34. The van der Waals surface area contributed by atoms with E-state index in [1.54, 1.807) is 18.2 Å². The minimum Gasteiger partial charge on any atom is -0.494 e. The van der Waals surface area contributed by atoms with E-state index in [9.17, 15) is 4.79 Å². The summed E-state index contributed by atoms with van der Waals surface area (Å²) >= 11 is 12.0. The number of hydrogen-bond donors (Lipinski definition) is 2. The molecule has 2 N–H and O–H groups in total. The fourth-order valence-corrected chi connectivity index (χ4v) is 4.00. The average molecular weight is 461 g/mol. The van der Waals surface area contributed by atoms with Gasteiger partial charge in [0.15, 0.2) is 5.11 Å². The number of amides is 1. The van der Waals surface area contributed by atoms with Gasteiger partial charge in [0, 0.05) is 31.7 Å². The monoisotopic (exact) mass is 460 g/mol. The van der Waals surface area contributed by atoms with Crippen molar-refractivity contribution in [3.05, 3.63) is 53.1 Å². The molecule has 1 amide bonds. The number of likely N-dealkylation sites (N-methyl/N-ethyl adjacent to an activating group) is 1. The molecule has 0 bridgehead atoms. The van der Waals surface area contributed by atoms with E-state index in [1.807, 2.05) is 31.2 Å². The molecule has 31 heavy (non-hydrogen) atoms. The van der Waals surface area contributed by atoms with Gasteiger partial charge in [-0.25, -0.2) is 0 Å². The molecule has 0 radical (unpaired) electrons. The molecule has 0 saturated carbocycles. The Morgan fingerprint density at radius 2 is 1.87 bits per heavy atom. The molecule has 8 heteroatoms. The fraction of sp³-hybridized carbons (Fsp3) is 0.391. The minimum atomic E-state index is -0.292. The first-order valence-corrected chi connectivity index (χ1v) is 11.4. The van der Waals surface area contributed by atoms with Crippen molar-refractivity contribution in [3.8, 4) is 5.75 Å². The number of thiocarbonyl (C=S) groups is 1. The van der Waals surface area contributed by atoms with Gasteiger partial charge in [-0.3, -0.25) is 10.1 Å². The molecule has 166 valence electrons. The lowest BCUT2D eigenvalue weighted by atomic mass is 10.2. The van der Waals surface area contributed by atoms with Crippen molar-refractivity contribution in [3.63, 3.8) is 0 Å². The number of carbonyl (C=O) groups excluding carboxylic acids is 1. The van der Waals surface area contributed by atoms with E-state index in [4.69, 9.17) is 28.6 Å². The Balaban J connectivity index is 1.67. The molecule has 0 aliphatic carbocycles. The molecule has 0 spiro atoms. The van der Waals surface area contributed by atoms with Gasteiger partial charge in [0.25, 0.3) is 5.91 Å². The lowest BCUT2D eigenvalue weighted by Gasteiger charge is -2.37. The molecular formula is C23H29ClN4O2S. The second kappa shape index (κ2) is 11.3. The minimum absolute atomic E-state index is 0.223. The summed E-state index contributed by atoms with van der Waals surface area (Å²) in [5.74, 6) is 0.372. The highest BCUT2D eigenvalue weighted by Gasteiger charge is 2.21. The molecule has 2 aromatic carbocycles. The van der Waals surface area contributed by atoms with E-state index < -0.39 is 0 Å². The van der Waals surface area contributed by atoms with Gasteiger partial charge >= 0.3 is 0 Å². The van der Waals surface area contributed by atoms with E-state index in [0.29, 0.717) is 22.9 Å². The highest BCUT2D eigenvalue weighted by Crippen LogP contribution is 2.34. The standard InChI is InChI=1S/C23H29ClN4O2S/c1-3-15-30-18-8-5-7-17(16-18)22(29)26-23(31)25-20-10-6-9-19(24)21(20)28-13-11-27(4-2)12-14-28/h5-10,16H,3-4,11-15H2,1-2H3,(H2,25,26,29,31). The lowest BCUT2D eigenvalue weighted by molar-refractivity contribution is 0.0977. The van der Waals surface area contributed by atoms with Crippen molar-refractivity contribution in [1.82, 2.24) is 10.2 Å². The Morgan fingerprint density at radius 3 is 2.58 bits per heavy atom. The van der Waals surface area contributed by atoms with Crippen LogP contribution in [0.5, 0.6) is 5.75 Å². The maximum absolute atomic E-state index is 12.7. The number of benzene rings is 2. The summed E-state index contributed by atoms with van der Waals surface area (Å²) in [6.45, 7) is 9.60. The van der Waals surface area contributed by atoms with Crippen LogP contribution in [0.4, 0.5) is 11.4 Å². The number of nitrogens with zero attached hydrogens (tertiary/aromatic N) is 2. The molecule has 0 aromatic heterocycles. The van der Waals surface area contributed by atoms with Crippen LogP contribution in [0, 0.1) is 0 Å². The van der Waals surface area contributed by atoms with Gasteiger partial charge in [-0.2, -0.15) is 0 Å². The third-order valence-corrected chi connectivity index (χ3v) is 5.68. The van der Waals surface area contributed by atoms with Crippen molar-refractivity contribution >= 4 is 46.2 Å². The highest BCUT2D eigenvalue weighted by atomic mass is 35.5. The number of nitrogens with one attached hydrogen (secondary N) is 2. The van der Waals surface area contributed by atoms with Crippen LogP contribution in [0.2, 0.25) is 5.02 Å². The van der Waals surface area contributed by atoms with Crippen LogP contribution in [0.1, 0.15) is 30.6 Å². The number of hydrogen-bond acceptors (Lipinski definition) is 5. The van der Waals surface area contributed by atoms with Crippen molar-refractivity contribution < 1.29 is 9.53 Å². The number of anilines is 2. The topological polar surface area (TPSA) is 56.8 Å². The predicted molar refractivity (Wildman–Crippen MR) is 132 cm³/mol. The Hall–Kier alpha value is -2.35. The van der Waals surface area contributed by atoms with Crippen molar-refractivity contribution in [2.24, 2.45) is 0 Å². The van der Waals surface area contributed by atoms with Crippen LogP contribution in [0.15, 0.2) is 42.5 Å². The smallest absolute Gasteiger partial charge is 0.257 e. The Labute approximate surface area is 194 Å². The SMILES string of the molecule is CCCOc1cccc(C(=O)NC(=S)Nc2cccc(Cl)c2N2CCN(CC)CC2)c1. The molecule has 0 unspecified atom stereocenters. The van der Waals surface area contributed by atoms with Crippen molar-refractivity contribution in [2.75, 3.05) is 49.5 Å². The van der Waals surface area contributed by atoms with Crippen LogP contribution in [0.25, 0.3) is 0 Å². The van der Waals surface area contributed by atoms with Crippen LogP contribution in [-0.2, 0) is 0 Å². The quantitative estimate of drug-likeness (QED) is 0.597. The highest BCUT2D eigenvalue weighted by molar-refractivity contribution is 7.80. The van der Waals surface area contributed by atoms with Crippen molar-refractivity contribution in [1.29, 1.82) is 0 Å². The Bertz CT molecular complexity index is 916. The van der Waals surface area contributed by atoms with Gasteiger partial charge in [0.05, 0.1) is 23.0 Å². The molecule has 1 aliphatic heterocycles. The first kappa shape index (κ1) is 23.3. The summed E-state index contributed by atoms with van der Waals surface area (Å²) in [5.41, 5.74) is 2.18. The molecule has 3 rings (SSSR count). The second-order valence-corrected chi connectivity index (χ2v) is 8.16. The number of ether oxygens (including phenoxy) is 1. The van der Waals surface area contributed by atoms with Crippen LogP contribution < -0.4 is 20.3 Å². The first-order valence-electron chi connectivity index (χ1n) is 10.6. The fourth-order valence-electron chi connectivity index (χ4n) is 3.50. The van der Waals surface area contributed by atoms with E-state index in [-0.39, 0.29) is 11.0 Å². The summed E-state index contributed by atoms with van der Waals surface area (Å²) < 4.78 is 5.61. The summed E-state index contributed by atoms with van der Waals surface area (Å²) in [6.07, 6.45) is 0.903. The molecule has 0 atom stereocenters. The average Bonchev–Trinajstić information content (AvgIpc) is 2.78. The van der Waals surface area contributed by atoms with Crippen LogP contribution in [0.3, 0.4) is 0 Å². The Morgan fingerprint density at radius 1 is 1.13 bits per heavy atom. The third-order valence-electron chi connectivity index (χ3n) is 5.17. The molecule has 1 saturated heterocycles. The molecule has 2 aromatic rings. The van der Waals surface area contributed by atoms with E-state index in [0.717, 1.165) is 50.5 Å². The molecule has 1 fully saturated rings. The number of halogens is 1. The molecule has 1 heterocycles. The predicted octanol–water partition coefficient (Wildman–Crippen LogP) is 4.40. The number of para-hydroxylation sites is 1. The van der Waals surface area contributed by atoms with Crippen molar-refractivity contribution in [2.45, 2.75) is 20.3 Å². The van der Waals surface area contributed by atoms with E-state index >= 15 is 0 Å². The summed E-state index contributed by atoms with van der Waals surface area (Å²) in [6, 6.07) is 12.7. The maximum Gasteiger partial charge on any atom is 0.257 e. The number of piperazine rings is 1. The normalized spacial score (nSPS) is 14.2. The largest absolute Gasteiger partial charge is 0.494 e. The number of carbonyl (C=O) groups is 1. The van der Waals surface area contributed by atoms with Gasteiger partial charge in [0.2, 0.25) is 0 Å². The molecule has 6 nitrogen and oxygen atoms in total. The van der Waals surface area contributed by atoms with Gasteiger partial charge in [-0.1, -0.05) is 37.6 Å². The summed E-state index contributed by atoms with van der Waals surface area (Å²) in [5, 5.41) is 6.78. The lowest BCUT2D eigenvalue weighted by Crippen LogP contribution is -2.46. The zero-order valence-electron chi connectivity index (χ0n) is 18.0. The van der Waals surface area contributed by atoms with Gasteiger partial charge < -0.3 is 19.9 Å². The summed E-state index contributed by atoms with van der Waals surface area (Å²) in [4.78, 5) is 17.3. The first-order chi connectivity index (χ1) is 15.0. The summed E-state index contributed by atoms with van der Waals surface area (Å²) in [7, 11) is 0. The Kier molecular flexibility index (Phi) is 8.51. The zero-order chi connectivity index (χ0) is 22.2. The zero-order valence-corrected chi connectivity index (χ0v) is 19.6. The van der Waals surface area contributed by atoms with Gasteiger partial charge in [-0.15, -0.1) is 0 Å². The van der Waals surface area contributed by atoms with E-state index in [2.05, 4.69) is 27.4 Å². The maximum atomic E-state index is 12.7. The third kappa shape index (κ3) is 6.32. The van der Waals surface area contributed by atoms with E-state index in [1.165, 1.54) is 0 Å². The van der Waals surface area contributed by atoms with Gasteiger partial charge in [-0.05, 0) is 55.5 Å². The van der Waals surface area contributed by atoms with Gasteiger partial charge in [0.1, 0.15) is 5.75 Å². The molecular weight excluding hydrogens is 432 g/mol. The van der Waals surface area contributed by atoms with Crippen LogP contribution >= 0.6 is 23.8 Å². The number of rotatable bonds is 7. The molecule has 1 aliphatic rings. The van der Waals surface area contributed by atoms with Crippen LogP contribution in [-0.4, -0.2) is 55.3 Å².